The van der Waals surface area contributed by atoms with Crippen LogP contribution in [0.5, 0.6) is 0 Å². The van der Waals surface area contributed by atoms with Crippen molar-refractivity contribution in [3.63, 3.8) is 0 Å². The van der Waals surface area contributed by atoms with E-state index in [1.54, 1.807) is 12.1 Å². The smallest absolute Gasteiger partial charge is 0.326 e. The lowest BCUT2D eigenvalue weighted by molar-refractivity contribution is -0.141. The van der Waals surface area contributed by atoms with Gasteiger partial charge in [-0.2, -0.15) is 0 Å². The molecule has 0 unspecified atom stereocenters. The Balaban J connectivity index is 1.62. The Labute approximate surface area is 217 Å². The van der Waals surface area contributed by atoms with Gasteiger partial charge in [-0.25, -0.2) is 9.59 Å². The molecule has 1 aliphatic rings. The third-order valence-corrected chi connectivity index (χ3v) is 7.29. The minimum atomic E-state index is -1.03. The van der Waals surface area contributed by atoms with Crippen LogP contribution in [0, 0.1) is 19.8 Å². The van der Waals surface area contributed by atoms with Crippen LogP contribution in [0.2, 0.25) is 0 Å². The zero-order chi connectivity index (χ0) is 26.5. The molecule has 1 atom stereocenters. The fourth-order valence-electron chi connectivity index (χ4n) is 5.32. The lowest BCUT2D eigenvalue weighted by Crippen LogP contribution is -2.46. The molecule has 1 aliphatic carbocycles. The van der Waals surface area contributed by atoms with E-state index in [1.165, 1.54) is 5.56 Å². The van der Waals surface area contributed by atoms with E-state index in [1.807, 2.05) is 38.1 Å². The first-order chi connectivity index (χ1) is 17.8. The van der Waals surface area contributed by atoms with Crippen molar-refractivity contribution in [1.82, 2.24) is 5.32 Å². The second-order valence-corrected chi connectivity index (χ2v) is 9.97. The van der Waals surface area contributed by atoms with Crippen molar-refractivity contribution in [2.24, 2.45) is 5.92 Å². The molecule has 4 rings (SSSR count). The summed E-state index contributed by atoms with van der Waals surface area (Å²) in [6.07, 6.45) is 5.47. The number of amides is 3. The molecule has 0 aromatic heterocycles. The van der Waals surface area contributed by atoms with E-state index < -0.39 is 23.9 Å². The number of benzene rings is 3. The molecule has 3 amide bonds. The Hall–Kier alpha value is -3.87. The molecule has 4 N–H and O–H groups in total. The number of urea groups is 1. The zero-order valence-corrected chi connectivity index (χ0v) is 21.7. The van der Waals surface area contributed by atoms with Crippen molar-refractivity contribution in [3.8, 4) is 0 Å². The van der Waals surface area contributed by atoms with E-state index in [0.29, 0.717) is 5.69 Å². The van der Waals surface area contributed by atoms with Crippen molar-refractivity contribution in [1.29, 1.82) is 0 Å². The predicted molar refractivity (Wildman–Crippen MR) is 147 cm³/mol. The quantitative estimate of drug-likeness (QED) is 0.299. The summed E-state index contributed by atoms with van der Waals surface area (Å²) in [6.45, 7) is 5.99. The largest absolute Gasteiger partial charge is 0.480 e. The Morgan fingerprint density at radius 2 is 1.54 bits per heavy atom. The average molecular weight is 502 g/mol. The van der Waals surface area contributed by atoms with Gasteiger partial charge in [0.2, 0.25) is 0 Å². The summed E-state index contributed by atoms with van der Waals surface area (Å²) in [5.41, 5.74) is 4.39. The number of carboxylic acids is 1. The van der Waals surface area contributed by atoms with Gasteiger partial charge in [-0.1, -0.05) is 62.6 Å². The number of carbonyl (C=O) groups excluding carboxylic acids is 2. The monoisotopic (exact) mass is 501 g/mol. The van der Waals surface area contributed by atoms with Gasteiger partial charge in [0, 0.05) is 5.69 Å². The van der Waals surface area contributed by atoms with Crippen molar-refractivity contribution in [2.45, 2.75) is 65.3 Å². The minimum absolute atomic E-state index is 0.104. The Morgan fingerprint density at radius 1 is 0.919 bits per heavy atom. The van der Waals surface area contributed by atoms with Crippen LogP contribution in [-0.2, 0) is 11.2 Å². The topological polar surface area (TPSA) is 108 Å². The molecular weight excluding hydrogens is 466 g/mol. The molecule has 7 heteroatoms. The van der Waals surface area contributed by atoms with Crippen molar-refractivity contribution in [3.05, 3.63) is 70.8 Å². The molecule has 1 saturated carbocycles. The lowest BCUT2D eigenvalue weighted by atomic mass is 9.83. The zero-order valence-electron chi connectivity index (χ0n) is 21.7. The summed E-state index contributed by atoms with van der Waals surface area (Å²) in [7, 11) is 0. The van der Waals surface area contributed by atoms with Gasteiger partial charge < -0.3 is 21.1 Å². The first kappa shape index (κ1) is 26.2. The van der Waals surface area contributed by atoms with E-state index in [4.69, 9.17) is 0 Å². The minimum Gasteiger partial charge on any atom is -0.480 e. The highest BCUT2D eigenvalue weighted by molar-refractivity contribution is 6.10. The van der Waals surface area contributed by atoms with E-state index in [0.717, 1.165) is 66.1 Å². The van der Waals surface area contributed by atoms with Crippen LogP contribution in [0.25, 0.3) is 10.8 Å². The standard InChI is InChI=1S/C30H35N3O4/c1-4-20-14-18(2)26(19(3)15-20)33-30(37)31-25-17-23-13-9-8-12-22(23)16-24(25)28(34)32-27(29(35)36)21-10-6-5-7-11-21/h8-9,12-17,21,27H,4-7,10-11H2,1-3H3,(H,32,34)(H,35,36)(H2,31,33,37)/t27-/m0/s1. The summed E-state index contributed by atoms with van der Waals surface area (Å²) in [6, 6.07) is 13.7. The molecule has 7 nitrogen and oxygen atoms in total. The molecule has 3 aromatic carbocycles. The molecule has 1 fully saturated rings. The third kappa shape index (κ3) is 6.10. The number of nitrogens with one attached hydrogen (secondary N) is 3. The molecule has 0 saturated heterocycles. The van der Waals surface area contributed by atoms with Gasteiger partial charge in [0.05, 0.1) is 11.3 Å². The number of carboxylic acid groups (broad SMARTS) is 1. The average Bonchev–Trinajstić information content (AvgIpc) is 2.89. The van der Waals surface area contributed by atoms with Crippen LogP contribution in [0.15, 0.2) is 48.5 Å². The van der Waals surface area contributed by atoms with E-state index in [2.05, 4.69) is 35.0 Å². The number of hydrogen-bond donors (Lipinski definition) is 4. The van der Waals surface area contributed by atoms with E-state index in [-0.39, 0.29) is 11.5 Å². The third-order valence-electron chi connectivity index (χ3n) is 7.29. The second-order valence-electron chi connectivity index (χ2n) is 9.97. The molecule has 0 heterocycles. The number of hydrogen-bond acceptors (Lipinski definition) is 3. The fraction of sp³-hybridized carbons (Fsp3) is 0.367. The number of aryl methyl sites for hydroxylation is 3. The molecular formula is C30H35N3O4. The molecule has 37 heavy (non-hydrogen) atoms. The Bertz CT molecular complexity index is 1300. The molecule has 0 spiro atoms. The first-order valence-corrected chi connectivity index (χ1v) is 13.0. The summed E-state index contributed by atoms with van der Waals surface area (Å²) in [4.78, 5) is 38.6. The number of rotatable bonds is 7. The summed E-state index contributed by atoms with van der Waals surface area (Å²) >= 11 is 0. The number of carbonyl (C=O) groups is 3. The first-order valence-electron chi connectivity index (χ1n) is 13.0. The van der Waals surface area contributed by atoms with Gasteiger partial charge in [-0.3, -0.25) is 4.79 Å². The number of fused-ring (bicyclic) bond motifs is 1. The van der Waals surface area contributed by atoms with Gasteiger partial charge in [0.25, 0.3) is 5.91 Å². The van der Waals surface area contributed by atoms with Crippen molar-refractivity contribution < 1.29 is 19.5 Å². The highest BCUT2D eigenvalue weighted by Crippen LogP contribution is 2.29. The van der Waals surface area contributed by atoms with Crippen molar-refractivity contribution in [2.75, 3.05) is 10.6 Å². The maximum absolute atomic E-state index is 13.4. The molecule has 0 bridgehead atoms. The van der Waals surface area contributed by atoms with Crippen LogP contribution in [0.1, 0.15) is 66.1 Å². The highest BCUT2D eigenvalue weighted by atomic mass is 16.4. The van der Waals surface area contributed by atoms with Crippen molar-refractivity contribution >= 4 is 40.1 Å². The Kier molecular flexibility index (Phi) is 8.11. The van der Waals surface area contributed by atoms with Crippen LogP contribution < -0.4 is 16.0 Å². The highest BCUT2D eigenvalue weighted by Gasteiger charge is 2.31. The maximum atomic E-state index is 13.4. The second kappa shape index (κ2) is 11.5. The number of anilines is 2. The number of aliphatic carboxylic acids is 1. The van der Waals surface area contributed by atoms with E-state index >= 15 is 0 Å². The molecule has 194 valence electrons. The SMILES string of the molecule is CCc1cc(C)c(NC(=O)Nc2cc3ccccc3cc2C(=O)N[C@H](C(=O)O)C2CCCCC2)c(C)c1. The maximum Gasteiger partial charge on any atom is 0.326 e. The lowest BCUT2D eigenvalue weighted by Gasteiger charge is -2.28. The van der Waals surface area contributed by atoms with Gasteiger partial charge in [0.1, 0.15) is 6.04 Å². The predicted octanol–water partition coefficient (Wildman–Crippen LogP) is 6.43. The summed E-state index contributed by atoms with van der Waals surface area (Å²) in [5.74, 6) is -1.65. The van der Waals surface area contributed by atoms with Gasteiger partial charge >= 0.3 is 12.0 Å². The van der Waals surface area contributed by atoms with Crippen LogP contribution in [-0.4, -0.2) is 29.1 Å². The summed E-state index contributed by atoms with van der Waals surface area (Å²) in [5, 5.41) is 20.1. The van der Waals surface area contributed by atoms with Crippen LogP contribution in [0.4, 0.5) is 16.2 Å². The van der Waals surface area contributed by atoms with Gasteiger partial charge in [-0.15, -0.1) is 0 Å². The van der Waals surface area contributed by atoms with Gasteiger partial charge in [0.15, 0.2) is 0 Å². The molecule has 0 aliphatic heterocycles. The van der Waals surface area contributed by atoms with E-state index in [9.17, 15) is 19.5 Å². The molecule has 0 radical (unpaired) electrons. The summed E-state index contributed by atoms with van der Waals surface area (Å²) < 4.78 is 0. The van der Waals surface area contributed by atoms with Crippen LogP contribution in [0.3, 0.4) is 0 Å². The normalized spacial score (nSPS) is 14.7. The Morgan fingerprint density at radius 3 is 2.14 bits per heavy atom. The fourth-order valence-corrected chi connectivity index (χ4v) is 5.32. The van der Waals surface area contributed by atoms with Gasteiger partial charge in [-0.05, 0) is 78.6 Å². The van der Waals surface area contributed by atoms with Crippen LogP contribution >= 0.6 is 0 Å². The molecule has 3 aromatic rings.